The molecular formula is C16H18FN3O3. The van der Waals surface area contributed by atoms with Crippen molar-refractivity contribution in [2.45, 2.75) is 6.61 Å². The number of amides is 2. The maximum Gasteiger partial charge on any atom is 0.323 e. The van der Waals surface area contributed by atoms with E-state index in [0.717, 1.165) is 0 Å². The van der Waals surface area contributed by atoms with Crippen molar-refractivity contribution >= 4 is 23.1 Å². The zero-order valence-electron chi connectivity index (χ0n) is 12.3. The number of carbonyl (C=O) groups excluding carboxylic acids is 1. The molecule has 2 aromatic carbocycles. The maximum absolute atomic E-state index is 13.5. The van der Waals surface area contributed by atoms with Crippen LogP contribution in [0.25, 0.3) is 0 Å². The number of rotatable bonds is 6. The standard InChI is InChI=1S/C16H18FN3O3/c17-12-7-13(18-5-6-21)9-14(8-12)19-16(23)20-15-4-2-1-3-11(15)10-22/h1-4,7-9,18,21-22H,5-6,10H2,(H2,19,20,23). The zero-order valence-corrected chi connectivity index (χ0v) is 12.3. The molecule has 0 fully saturated rings. The van der Waals surface area contributed by atoms with Gasteiger partial charge < -0.3 is 26.2 Å². The number of anilines is 3. The molecule has 0 atom stereocenters. The Labute approximate surface area is 133 Å². The predicted octanol–water partition coefficient (Wildman–Crippen LogP) is 2.37. The van der Waals surface area contributed by atoms with Gasteiger partial charge in [0.15, 0.2) is 0 Å². The van der Waals surface area contributed by atoms with Gasteiger partial charge in [-0.05, 0) is 24.3 Å². The molecule has 0 aliphatic rings. The molecule has 0 spiro atoms. The van der Waals surface area contributed by atoms with Crippen LogP contribution in [-0.4, -0.2) is 29.4 Å². The third-order valence-electron chi connectivity index (χ3n) is 3.03. The minimum absolute atomic E-state index is 0.0856. The molecule has 0 saturated carbocycles. The monoisotopic (exact) mass is 319 g/mol. The van der Waals surface area contributed by atoms with Gasteiger partial charge in [0.25, 0.3) is 0 Å². The molecule has 2 rings (SSSR count). The summed E-state index contributed by atoms with van der Waals surface area (Å²) in [6, 6.07) is 10.3. The van der Waals surface area contributed by atoms with Crippen LogP contribution in [0.2, 0.25) is 0 Å². The number of urea groups is 1. The van der Waals surface area contributed by atoms with Gasteiger partial charge in [-0.2, -0.15) is 0 Å². The average molecular weight is 319 g/mol. The Bertz CT molecular complexity index is 679. The van der Waals surface area contributed by atoms with Crippen molar-refractivity contribution in [1.29, 1.82) is 0 Å². The molecule has 2 aromatic rings. The first-order chi connectivity index (χ1) is 11.1. The number of para-hydroxylation sites is 1. The maximum atomic E-state index is 13.5. The fourth-order valence-electron chi connectivity index (χ4n) is 2.03. The fraction of sp³-hybridized carbons (Fsp3) is 0.188. The van der Waals surface area contributed by atoms with Crippen LogP contribution in [0.4, 0.5) is 26.2 Å². The van der Waals surface area contributed by atoms with E-state index in [1.54, 1.807) is 30.3 Å². The summed E-state index contributed by atoms with van der Waals surface area (Å²) in [5, 5.41) is 25.9. The van der Waals surface area contributed by atoms with Crippen molar-refractivity contribution < 1.29 is 19.4 Å². The van der Waals surface area contributed by atoms with Crippen LogP contribution in [-0.2, 0) is 6.61 Å². The lowest BCUT2D eigenvalue weighted by molar-refractivity contribution is 0.262. The van der Waals surface area contributed by atoms with Crippen molar-refractivity contribution in [2.75, 3.05) is 29.1 Å². The number of aliphatic hydroxyl groups is 2. The van der Waals surface area contributed by atoms with Crippen molar-refractivity contribution in [3.63, 3.8) is 0 Å². The van der Waals surface area contributed by atoms with E-state index in [2.05, 4.69) is 16.0 Å². The molecule has 122 valence electrons. The number of benzene rings is 2. The smallest absolute Gasteiger partial charge is 0.323 e. The van der Waals surface area contributed by atoms with E-state index in [9.17, 15) is 14.3 Å². The van der Waals surface area contributed by atoms with Crippen LogP contribution in [0.1, 0.15) is 5.56 Å². The number of hydrogen-bond donors (Lipinski definition) is 5. The number of aliphatic hydroxyl groups excluding tert-OH is 2. The van der Waals surface area contributed by atoms with E-state index in [1.807, 2.05) is 0 Å². The summed E-state index contributed by atoms with van der Waals surface area (Å²) in [6.07, 6.45) is 0. The lowest BCUT2D eigenvalue weighted by atomic mass is 10.2. The van der Waals surface area contributed by atoms with E-state index in [0.29, 0.717) is 16.9 Å². The minimum Gasteiger partial charge on any atom is -0.395 e. The molecular weight excluding hydrogens is 301 g/mol. The molecule has 0 heterocycles. The van der Waals surface area contributed by atoms with Crippen LogP contribution in [0, 0.1) is 5.82 Å². The van der Waals surface area contributed by atoms with Crippen LogP contribution in [0.3, 0.4) is 0 Å². The lowest BCUT2D eigenvalue weighted by Crippen LogP contribution is -2.20. The molecule has 0 saturated heterocycles. The molecule has 0 aliphatic heterocycles. The Balaban J connectivity index is 2.06. The molecule has 0 bridgehead atoms. The molecule has 2 amide bonds. The first kappa shape index (κ1) is 16.7. The second kappa shape index (κ2) is 8.11. The van der Waals surface area contributed by atoms with Gasteiger partial charge in [0, 0.05) is 29.2 Å². The van der Waals surface area contributed by atoms with E-state index in [1.165, 1.54) is 12.1 Å². The highest BCUT2D eigenvalue weighted by Crippen LogP contribution is 2.19. The van der Waals surface area contributed by atoms with Gasteiger partial charge in [-0.1, -0.05) is 18.2 Å². The topological polar surface area (TPSA) is 93.6 Å². The third kappa shape index (κ3) is 4.94. The van der Waals surface area contributed by atoms with Crippen molar-refractivity contribution in [1.82, 2.24) is 0 Å². The highest BCUT2D eigenvalue weighted by atomic mass is 19.1. The van der Waals surface area contributed by atoms with Gasteiger partial charge in [0.2, 0.25) is 0 Å². The number of carbonyl (C=O) groups is 1. The second-order valence-electron chi connectivity index (χ2n) is 4.77. The quantitative estimate of drug-likeness (QED) is 0.565. The summed E-state index contributed by atoms with van der Waals surface area (Å²) in [5.74, 6) is -0.515. The molecule has 5 N–H and O–H groups in total. The average Bonchev–Trinajstić information content (AvgIpc) is 2.52. The first-order valence-corrected chi connectivity index (χ1v) is 7.04. The van der Waals surface area contributed by atoms with E-state index in [4.69, 9.17) is 5.11 Å². The summed E-state index contributed by atoms with van der Waals surface area (Å²) >= 11 is 0. The molecule has 0 radical (unpaired) electrons. The van der Waals surface area contributed by atoms with Crippen LogP contribution >= 0.6 is 0 Å². The number of halogens is 1. The minimum atomic E-state index is -0.551. The summed E-state index contributed by atoms with van der Waals surface area (Å²) in [7, 11) is 0. The molecule has 0 aromatic heterocycles. The van der Waals surface area contributed by atoms with Crippen molar-refractivity contribution in [3.05, 3.63) is 53.8 Å². The Morgan fingerprint density at radius 2 is 1.78 bits per heavy atom. The second-order valence-corrected chi connectivity index (χ2v) is 4.77. The molecule has 23 heavy (non-hydrogen) atoms. The van der Waals surface area contributed by atoms with Gasteiger partial charge in [-0.25, -0.2) is 9.18 Å². The summed E-state index contributed by atoms with van der Waals surface area (Å²) in [6.45, 7) is -0.0116. The highest BCUT2D eigenvalue weighted by Gasteiger charge is 2.08. The summed E-state index contributed by atoms with van der Waals surface area (Å²) in [5.41, 5.74) is 1.77. The molecule has 7 heteroatoms. The van der Waals surface area contributed by atoms with Gasteiger partial charge >= 0.3 is 6.03 Å². The van der Waals surface area contributed by atoms with Gasteiger partial charge in [0.1, 0.15) is 5.82 Å². The largest absolute Gasteiger partial charge is 0.395 e. The fourth-order valence-corrected chi connectivity index (χ4v) is 2.03. The Kier molecular flexibility index (Phi) is 5.90. The zero-order chi connectivity index (χ0) is 16.7. The van der Waals surface area contributed by atoms with Crippen LogP contribution in [0.5, 0.6) is 0 Å². The Morgan fingerprint density at radius 1 is 1.04 bits per heavy atom. The van der Waals surface area contributed by atoms with E-state index in [-0.39, 0.29) is 25.4 Å². The lowest BCUT2D eigenvalue weighted by Gasteiger charge is -2.12. The van der Waals surface area contributed by atoms with Gasteiger partial charge in [-0.15, -0.1) is 0 Å². The number of nitrogens with one attached hydrogen (secondary N) is 3. The summed E-state index contributed by atoms with van der Waals surface area (Å²) in [4.78, 5) is 12.0. The van der Waals surface area contributed by atoms with Crippen LogP contribution < -0.4 is 16.0 Å². The Morgan fingerprint density at radius 3 is 2.52 bits per heavy atom. The van der Waals surface area contributed by atoms with E-state index >= 15 is 0 Å². The van der Waals surface area contributed by atoms with Crippen LogP contribution in [0.15, 0.2) is 42.5 Å². The van der Waals surface area contributed by atoms with Gasteiger partial charge in [-0.3, -0.25) is 0 Å². The SMILES string of the molecule is O=C(Nc1cc(F)cc(NCCO)c1)Nc1ccccc1CO. The number of hydrogen-bond acceptors (Lipinski definition) is 4. The van der Waals surface area contributed by atoms with Crippen molar-refractivity contribution in [2.24, 2.45) is 0 Å². The van der Waals surface area contributed by atoms with Crippen molar-refractivity contribution in [3.8, 4) is 0 Å². The molecule has 6 nitrogen and oxygen atoms in total. The predicted molar refractivity (Wildman–Crippen MR) is 87.0 cm³/mol. The highest BCUT2D eigenvalue weighted by molar-refractivity contribution is 6.00. The molecule has 0 unspecified atom stereocenters. The third-order valence-corrected chi connectivity index (χ3v) is 3.03. The first-order valence-electron chi connectivity index (χ1n) is 7.04. The van der Waals surface area contributed by atoms with E-state index < -0.39 is 11.8 Å². The Hall–Kier alpha value is -2.64. The molecule has 0 aliphatic carbocycles. The summed E-state index contributed by atoms with van der Waals surface area (Å²) < 4.78 is 13.5. The van der Waals surface area contributed by atoms with Gasteiger partial charge in [0.05, 0.1) is 13.2 Å². The normalized spacial score (nSPS) is 10.2.